The van der Waals surface area contributed by atoms with E-state index in [1.165, 1.54) is 21.9 Å². The van der Waals surface area contributed by atoms with Gasteiger partial charge < -0.3 is 19.3 Å². The molecule has 0 saturated carbocycles. The zero-order valence-corrected chi connectivity index (χ0v) is 27.0. The van der Waals surface area contributed by atoms with E-state index in [0.717, 1.165) is 0 Å². The van der Waals surface area contributed by atoms with Crippen molar-refractivity contribution in [3.8, 4) is 12.1 Å². The number of rotatable bonds is 13. The van der Waals surface area contributed by atoms with Crippen LogP contribution < -0.4 is 10.9 Å². The second-order valence-corrected chi connectivity index (χ2v) is 10.3. The number of halogens is 4. The predicted octanol–water partition coefficient (Wildman–Crippen LogP) is 6.01. The van der Waals surface area contributed by atoms with Gasteiger partial charge in [0.25, 0.3) is 0 Å². The summed E-state index contributed by atoms with van der Waals surface area (Å²) >= 11 is 24.6. The quantitative estimate of drug-likeness (QED) is 0.111. The summed E-state index contributed by atoms with van der Waals surface area (Å²) in [5.74, 6) is -1.85. The first kappa shape index (κ1) is 36.3. The zero-order chi connectivity index (χ0) is 32.5. The maximum Gasteiger partial charge on any atom is 0.375 e. The molecule has 0 saturated heterocycles. The van der Waals surface area contributed by atoms with Gasteiger partial charge in [-0.05, 0) is 50.2 Å². The van der Waals surface area contributed by atoms with Crippen molar-refractivity contribution >= 4 is 81.4 Å². The molecular weight excluding hydrogens is 654 g/mol. The third kappa shape index (κ3) is 11.6. The number of anilines is 2. The summed E-state index contributed by atoms with van der Waals surface area (Å²) in [4.78, 5) is 29.1. The molecule has 0 fully saturated rings. The van der Waals surface area contributed by atoms with Crippen molar-refractivity contribution in [2.75, 3.05) is 50.2 Å². The first-order valence-corrected chi connectivity index (χ1v) is 14.8. The molecular formula is C28H30Cl4N8O4. The topological polar surface area (TPSA) is 155 Å². The molecule has 0 atom stereocenters. The molecule has 2 rings (SSSR count). The van der Waals surface area contributed by atoms with E-state index >= 15 is 0 Å². The summed E-state index contributed by atoms with van der Waals surface area (Å²) in [5, 5.41) is 28.5. The summed E-state index contributed by atoms with van der Waals surface area (Å²) < 4.78 is 10.4. The number of hydrogen-bond acceptors (Lipinski definition) is 10. The molecule has 2 N–H and O–H groups in total. The van der Waals surface area contributed by atoms with E-state index < -0.39 is 11.9 Å². The van der Waals surface area contributed by atoms with Gasteiger partial charge in [-0.15, -0.1) is 10.2 Å². The van der Waals surface area contributed by atoms with Crippen molar-refractivity contribution in [3.63, 3.8) is 0 Å². The molecule has 0 amide bonds. The predicted molar refractivity (Wildman–Crippen MR) is 172 cm³/mol. The first-order chi connectivity index (χ1) is 21.1. The molecule has 0 unspecified atom stereocenters. The number of nitrogens with one attached hydrogen (secondary N) is 2. The lowest BCUT2D eigenvalue weighted by Crippen LogP contribution is -2.47. The summed E-state index contributed by atoms with van der Waals surface area (Å²) in [6, 6.07) is 13.5. The monoisotopic (exact) mass is 682 g/mol. The van der Waals surface area contributed by atoms with E-state index in [1.54, 1.807) is 38.1 Å². The molecule has 0 aliphatic carbocycles. The van der Waals surface area contributed by atoms with Crippen molar-refractivity contribution in [2.24, 2.45) is 10.2 Å². The number of carbonyl (C=O) groups excluding carboxylic acids is 2. The van der Waals surface area contributed by atoms with Crippen LogP contribution >= 0.6 is 46.4 Å². The molecule has 0 aliphatic rings. The van der Waals surface area contributed by atoms with Gasteiger partial charge in [0.15, 0.2) is 0 Å². The molecule has 0 spiro atoms. The molecule has 16 heteroatoms. The molecule has 44 heavy (non-hydrogen) atoms. The number of ether oxygens (including phenoxy) is 2. The molecule has 0 bridgehead atoms. The number of amidine groups is 2. The smallest absolute Gasteiger partial charge is 0.375 e. The van der Waals surface area contributed by atoms with Gasteiger partial charge in [0.05, 0.1) is 59.6 Å². The Labute approximate surface area is 275 Å². The van der Waals surface area contributed by atoms with Crippen molar-refractivity contribution in [1.29, 1.82) is 10.5 Å². The number of carbonyl (C=O) groups is 2. The highest BCUT2D eigenvalue weighted by Crippen LogP contribution is 2.26. The van der Waals surface area contributed by atoms with Crippen LogP contribution in [0.3, 0.4) is 0 Å². The number of hydrazone groups is 2. The van der Waals surface area contributed by atoms with Crippen LogP contribution in [0, 0.1) is 22.7 Å². The van der Waals surface area contributed by atoms with Gasteiger partial charge in [0, 0.05) is 36.2 Å². The van der Waals surface area contributed by atoms with Gasteiger partial charge in [0.2, 0.25) is 11.7 Å². The Morgan fingerprint density at radius 2 is 1.11 bits per heavy atom. The largest absolute Gasteiger partial charge is 0.460 e. The standard InChI is InChI=1S/C28H30Cl4N8O4/c1-3-43-27(41)25(37-35-23-17-19(29)7-9-21(23)31)39(13-5-11-33)15-16-40(14-6-12-34)26(28(42)44-4-2)38-36-24-18-20(30)8-10-22(24)32/h7-10,17-18,35-36H,3-6,13-16H2,1-2H3/b37-25-,38-26-. The Morgan fingerprint density at radius 3 is 1.45 bits per heavy atom. The molecule has 0 aliphatic heterocycles. The number of hydrogen-bond donors (Lipinski definition) is 2. The van der Waals surface area contributed by atoms with Crippen LogP contribution in [0.5, 0.6) is 0 Å². The normalized spacial score (nSPS) is 11.2. The molecule has 2 aromatic carbocycles. The van der Waals surface area contributed by atoms with Crippen LogP contribution in [-0.4, -0.2) is 72.8 Å². The molecule has 0 radical (unpaired) electrons. The lowest BCUT2D eigenvalue weighted by Gasteiger charge is -2.29. The third-order valence-electron chi connectivity index (χ3n) is 5.56. The van der Waals surface area contributed by atoms with Crippen molar-refractivity contribution in [2.45, 2.75) is 26.7 Å². The van der Waals surface area contributed by atoms with Crippen molar-refractivity contribution < 1.29 is 19.1 Å². The Hall–Kier alpha value is -3.94. The molecule has 0 heterocycles. The van der Waals surface area contributed by atoms with Crippen molar-refractivity contribution in [3.05, 3.63) is 56.5 Å². The fourth-order valence-electron chi connectivity index (χ4n) is 3.53. The summed E-state index contributed by atoms with van der Waals surface area (Å²) in [6.07, 6.45) is 0.0599. The SMILES string of the molecule is CCOC(=O)/C(=N/Nc1cc(Cl)ccc1Cl)N(CCC#N)CCN(CCC#N)/C(=N\Nc1cc(Cl)ccc1Cl)C(=O)OCC. The van der Waals surface area contributed by atoms with E-state index in [-0.39, 0.29) is 63.9 Å². The summed E-state index contributed by atoms with van der Waals surface area (Å²) in [7, 11) is 0. The van der Waals surface area contributed by atoms with Crippen LogP contribution in [-0.2, 0) is 19.1 Å². The summed E-state index contributed by atoms with van der Waals surface area (Å²) in [6.45, 7) is 3.66. The minimum Gasteiger partial charge on any atom is -0.460 e. The molecule has 234 valence electrons. The number of nitrogens with zero attached hydrogens (tertiary/aromatic N) is 6. The van der Waals surface area contributed by atoms with E-state index in [9.17, 15) is 20.1 Å². The fourth-order valence-corrected chi connectivity index (χ4v) is 4.20. The first-order valence-electron chi connectivity index (χ1n) is 13.3. The van der Waals surface area contributed by atoms with Gasteiger partial charge in [0.1, 0.15) is 0 Å². The van der Waals surface area contributed by atoms with Crippen LogP contribution in [0.15, 0.2) is 46.6 Å². The Balaban J connectivity index is 2.47. The molecule has 2 aromatic rings. The average molecular weight is 684 g/mol. The Morgan fingerprint density at radius 1 is 0.727 bits per heavy atom. The van der Waals surface area contributed by atoms with Crippen LogP contribution in [0.4, 0.5) is 11.4 Å². The zero-order valence-electron chi connectivity index (χ0n) is 23.9. The highest BCUT2D eigenvalue weighted by Gasteiger charge is 2.26. The minimum atomic E-state index is -0.767. The lowest BCUT2D eigenvalue weighted by molar-refractivity contribution is -0.137. The van der Waals surface area contributed by atoms with E-state index in [1.807, 2.05) is 12.1 Å². The van der Waals surface area contributed by atoms with Gasteiger partial charge in [-0.3, -0.25) is 10.9 Å². The minimum absolute atomic E-state index is 0.0299. The molecule has 12 nitrogen and oxygen atoms in total. The lowest BCUT2D eigenvalue weighted by atomic mass is 10.3. The van der Waals surface area contributed by atoms with Gasteiger partial charge in [-0.2, -0.15) is 10.5 Å². The maximum absolute atomic E-state index is 13.0. The van der Waals surface area contributed by atoms with E-state index in [4.69, 9.17) is 55.9 Å². The van der Waals surface area contributed by atoms with Crippen LogP contribution in [0.1, 0.15) is 26.7 Å². The third-order valence-corrected chi connectivity index (χ3v) is 6.69. The number of esters is 2. The summed E-state index contributed by atoms with van der Waals surface area (Å²) in [5.41, 5.74) is 6.14. The van der Waals surface area contributed by atoms with Gasteiger partial charge in [-0.25, -0.2) is 9.59 Å². The second-order valence-electron chi connectivity index (χ2n) is 8.57. The van der Waals surface area contributed by atoms with E-state index in [2.05, 4.69) is 21.1 Å². The van der Waals surface area contributed by atoms with Gasteiger partial charge >= 0.3 is 11.9 Å². The highest BCUT2D eigenvalue weighted by atomic mass is 35.5. The Bertz CT molecular complexity index is 1330. The maximum atomic E-state index is 13.0. The second kappa shape index (κ2) is 19.4. The Kier molecular flexibility index (Phi) is 16.0. The average Bonchev–Trinajstić information content (AvgIpc) is 2.99. The molecule has 0 aromatic heterocycles. The van der Waals surface area contributed by atoms with Crippen LogP contribution in [0.25, 0.3) is 0 Å². The van der Waals surface area contributed by atoms with Crippen molar-refractivity contribution in [1.82, 2.24) is 9.80 Å². The fraction of sp³-hybridized carbons (Fsp3) is 0.357. The number of benzene rings is 2. The number of nitriles is 2. The van der Waals surface area contributed by atoms with Crippen LogP contribution in [0.2, 0.25) is 20.1 Å². The van der Waals surface area contributed by atoms with E-state index in [0.29, 0.717) is 31.5 Å². The highest BCUT2D eigenvalue weighted by molar-refractivity contribution is 6.37. The van der Waals surface area contributed by atoms with Gasteiger partial charge in [-0.1, -0.05) is 46.4 Å².